The Morgan fingerprint density at radius 2 is 1.89 bits per heavy atom. The van der Waals surface area contributed by atoms with Crippen LogP contribution in [0.3, 0.4) is 0 Å². The molecule has 4 heteroatoms. The molecule has 1 aromatic heterocycles. The zero-order valence-corrected chi connectivity index (χ0v) is 12.7. The molecule has 0 amide bonds. The van der Waals surface area contributed by atoms with Crippen molar-refractivity contribution in [2.24, 2.45) is 11.8 Å². The molecule has 1 aromatic rings. The molecular formula is C14H23ClN2O. The minimum absolute atomic E-state index is 0.0469. The highest BCUT2D eigenvalue weighted by atomic mass is 35.5. The largest absolute Gasteiger partial charge is 0.296 e. The lowest BCUT2D eigenvalue weighted by Gasteiger charge is -2.19. The highest BCUT2D eigenvalue weighted by Gasteiger charge is 2.14. The molecule has 1 atom stereocenters. The third-order valence-corrected chi connectivity index (χ3v) is 3.08. The van der Waals surface area contributed by atoms with E-state index in [0.717, 1.165) is 12.2 Å². The van der Waals surface area contributed by atoms with Gasteiger partial charge in [0.25, 0.3) is 5.56 Å². The lowest BCUT2D eigenvalue weighted by molar-refractivity contribution is 0.374. The van der Waals surface area contributed by atoms with E-state index in [1.165, 1.54) is 6.07 Å². The van der Waals surface area contributed by atoms with Crippen LogP contribution in [0, 0.1) is 11.8 Å². The first kappa shape index (κ1) is 15.2. The molecule has 0 radical (unpaired) electrons. The zero-order valence-electron chi connectivity index (χ0n) is 11.9. The molecule has 0 bridgehead atoms. The Hall–Kier alpha value is -0.830. The third-order valence-electron chi connectivity index (χ3n) is 2.89. The lowest BCUT2D eigenvalue weighted by atomic mass is 9.98. The summed E-state index contributed by atoms with van der Waals surface area (Å²) in [5.74, 6) is 2.08. The second-order valence-electron chi connectivity index (χ2n) is 5.78. The molecule has 3 nitrogen and oxygen atoms in total. The van der Waals surface area contributed by atoms with Gasteiger partial charge in [-0.15, -0.1) is 0 Å². The van der Waals surface area contributed by atoms with Crippen LogP contribution < -0.4 is 5.56 Å². The predicted molar refractivity (Wildman–Crippen MR) is 76.2 cm³/mol. The summed E-state index contributed by atoms with van der Waals surface area (Å²) in [6.45, 7) is 11.3. The predicted octanol–water partition coefficient (Wildman–Crippen LogP) is 3.70. The quantitative estimate of drug-likeness (QED) is 0.765. The van der Waals surface area contributed by atoms with Crippen molar-refractivity contribution in [3.63, 3.8) is 0 Å². The summed E-state index contributed by atoms with van der Waals surface area (Å²) in [5.41, 5.74) is -0.0469. The highest BCUT2D eigenvalue weighted by Crippen LogP contribution is 2.17. The average Bonchev–Trinajstić information content (AvgIpc) is 2.20. The number of hydrogen-bond donors (Lipinski definition) is 0. The summed E-state index contributed by atoms with van der Waals surface area (Å²) < 4.78 is 1.77. The van der Waals surface area contributed by atoms with Crippen LogP contribution in [0.1, 0.15) is 52.8 Å². The van der Waals surface area contributed by atoms with Crippen LogP contribution in [0.25, 0.3) is 0 Å². The summed E-state index contributed by atoms with van der Waals surface area (Å²) in [6.07, 6.45) is 1.10. The minimum atomic E-state index is -0.0469. The van der Waals surface area contributed by atoms with Crippen molar-refractivity contribution in [2.45, 2.75) is 53.5 Å². The van der Waals surface area contributed by atoms with Crippen LogP contribution in [0.5, 0.6) is 0 Å². The van der Waals surface area contributed by atoms with Crippen molar-refractivity contribution in [3.8, 4) is 0 Å². The van der Waals surface area contributed by atoms with E-state index in [4.69, 9.17) is 11.6 Å². The van der Waals surface area contributed by atoms with Crippen molar-refractivity contribution >= 4 is 11.6 Å². The first-order chi connectivity index (χ1) is 8.31. The molecule has 1 heterocycles. The minimum Gasteiger partial charge on any atom is -0.296 e. The van der Waals surface area contributed by atoms with Gasteiger partial charge >= 0.3 is 0 Å². The van der Waals surface area contributed by atoms with Gasteiger partial charge in [-0.05, 0) is 18.3 Å². The maximum Gasteiger partial charge on any atom is 0.254 e. The molecule has 0 saturated carbocycles. The molecule has 0 N–H and O–H groups in total. The van der Waals surface area contributed by atoms with Gasteiger partial charge in [-0.2, -0.15) is 0 Å². The van der Waals surface area contributed by atoms with E-state index in [9.17, 15) is 4.79 Å². The number of halogens is 1. The van der Waals surface area contributed by atoms with Crippen LogP contribution in [-0.2, 0) is 6.54 Å². The molecule has 0 aliphatic heterocycles. The number of nitrogens with zero attached hydrogens (tertiary/aromatic N) is 2. The number of hydrogen-bond acceptors (Lipinski definition) is 2. The summed E-state index contributed by atoms with van der Waals surface area (Å²) >= 11 is 5.86. The molecule has 18 heavy (non-hydrogen) atoms. The van der Waals surface area contributed by atoms with Crippen LogP contribution >= 0.6 is 11.6 Å². The Balaban J connectivity index is 3.04. The molecule has 0 spiro atoms. The summed E-state index contributed by atoms with van der Waals surface area (Å²) in [7, 11) is 0. The van der Waals surface area contributed by atoms with Crippen LogP contribution in [0.4, 0.5) is 0 Å². The van der Waals surface area contributed by atoms with E-state index >= 15 is 0 Å². The van der Waals surface area contributed by atoms with Gasteiger partial charge < -0.3 is 0 Å². The Kier molecular flexibility index (Phi) is 5.39. The summed E-state index contributed by atoms with van der Waals surface area (Å²) in [6, 6.07) is 1.40. The van der Waals surface area contributed by atoms with Gasteiger partial charge in [-0.1, -0.05) is 46.2 Å². The Labute approximate surface area is 114 Å². The summed E-state index contributed by atoms with van der Waals surface area (Å²) in [5, 5.41) is 0.288. The fraction of sp³-hybridized carbons (Fsp3) is 0.714. The standard InChI is InChI=1S/C14H23ClN2O/c1-9(2)6-11(5)8-17-13(18)7-12(15)16-14(17)10(3)4/h7,9-11H,6,8H2,1-5H3. The molecule has 1 unspecified atom stereocenters. The van der Waals surface area contributed by atoms with Crippen LogP contribution in [-0.4, -0.2) is 9.55 Å². The monoisotopic (exact) mass is 270 g/mol. The first-order valence-electron chi connectivity index (χ1n) is 6.58. The molecule has 0 fully saturated rings. The molecule has 0 aromatic carbocycles. The lowest BCUT2D eigenvalue weighted by Crippen LogP contribution is -2.28. The number of rotatable bonds is 5. The topological polar surface area (TPSA) is 34.9 Å². The Morgan fingerprint density at radius 1 is 1.28 bits per heavy atom. The van der Waals surface area contributed by atoms with Crippen LogP contribution in [0.2, 0.25) is 5.15 Å². The fourth-order valence-electron chi connectivity index (χ4n) is 2.31. The van der Waals surface area contributed by atoms with Crippen molar-refractivity contribution in [2.75, 3.05) is 0 Å². The van der Waals surface area contributed by atoms with E-state index < -0.39 is 0 Å². The van der Waals surface area contributed by atoms with Gasteiger partial charge in [0.2, 0.25) is 0 Å². The van der Waals surface area contributed by atoms with Gasteiger partial charge in [-0.25, -0.2) is 4.98 Å². The Morgan fingerprint density at radius 3 is 2.39 bits per heavy atom. The van der Waals surface area contributed by atoms with E-state index in [0.29, 0.717) is 18.4 Å². The van der Waals surface area contributed by atoms with Crippen LogP contribution in [0.15, 0.2) is 10.9 Å². The fourth-order valence-corrected chi connectivity index (χ4v) is 2.49. The summed E-state index contributed by atoms with van der Waals surface area (Å²) in [4.78, 5) is 16.3. The zero-order chi connectivity index (χ0) is 13.9. The van der Waals surface area contributed by atoms with Gasteiger partial charge in [0, 0.05) is 18.5 Å². The average molecular weight is 271 g/mol. The van der Waals surface area contributed by atoms with E-state index in [-0.39, 0.29) is 16.6 Å². The second-order valence-corrected chi connectivity index (χ2v) is 6.16. The highest BCUT2D eigenvalue weighted by molar-refractivity contribution is 6.29. The molecule has 102 valence electrons. The second kappa shape index (κ2) is 6.37. The first-order valence-corrected chi connectivity index (χ1v) is 6.96. The molecule has 0 aliphatic carbocycles. The Bertz CT molecular complexity index is 452. The van der Waals surface area contributed by atoms with Crippen molar-refractivity contribution in [3.05, 3.63) is 27.4 Å². The molecule has 0 aliphatic rings. The molecular weight excluding hydrogens is 248 g/mol. The van der Waals surface area contributed by atoms with E-state index in [2.05, 4.69) is 25.8 Å². The van der Waals surface area contributed by atoms with Gasteiger partial charge in [0.1, 0.15) is 11.0 Å². The van der Waals surface area contributed by atoms with E-state index in [1.54, 1.807) is 4.57 Å². The molecule has 0 saturated heterocycles. The maximum absolute atomic E-state index is 12.0. The van der Waals surface area contributed by atoms with Crippen molar-refractivity contribution < 1.29 is 0 Å². The molecule has 1 rings (SSSR count). The van der Waals surface area contributed by atoms with Gasteiger partial charge in [0.05, 0.1) is 0 Å². The third kappa shape index (κ3) is 4.13. The van der Waals surface area contributed by atoms with Crippen molar-refractivity contribution in [1.82, 2.24) is 9.55 Å². The smallest absolute Gasteiger partial charge is 0.254 e. The SMILES string of the molecule is CC(C)CC(C)Cn1c(C(C)C)nc(Cl)cc1=O. The van der Waals surface area contributed by atoms with Crippen molar-refractivity contribution in [1.29, 1.82) is 0 Å². The normalized spacial score (nSPS) is 13.3. The van der Waals surface area contributed by atoms with Gasteiger partial charge in [0.15, 0.2) is 0 Å². The number of aromatic nitrogens is 2. The van der Waals surface area contributed by atoms with Gasteiger partial charge in [-0.3, -0.25) is 9.36 Å². The maximum atomic E-state index is 12.0. The van der Waals surface area contributed by atoms with E-state index in [1.807, 2.05) is 13.8 Å².